The number of aromatic nitrogens is 5. The summed E-state index contributed by atoms with van der Waals surface area (Å²) in [5, 5.41) is 6.13. The van der Waals surface area contributed by atoms with Crippen LogP contribution in [0.1, 0.15) is 40.9 Å². The third kappa shape index (κ3) is 5.23. The van der Waals surface area contributed by atoms with E-state index in [1.165, 1.54) is 25.4 Å². The van der Waals surface area contributed by atoms with Gasteiger partial charge in [-0.15, -0.1) is 5.10 Å². The second-order valence-electron chi connectivity index (χ2n) is 6.47. The summed E-state index contributed by atoms with van der Waals surface area (Å²) in [7, 11) is 0. The highest BCUT2D eigenvalue weighted by Crippen LogP contribution is 2.32. The van der Waals surface area contributed by atoms with Crippen LogP contribution in [0.4, 0.5) is 26.3 Å². The molecule has 0 saturated carbocycles. The van der Waals surface area contributed by atoms with Crippen molar-refractivity contribution >= 4 is 21.8 Å². The smallest absolute Gasteiger partial charge is 0.344 e. The highest BCUT2D eigenvalue weighted by atomic mass is 79.9. The van der Waals surface area contributed by atoms with Gasteiger partial charge in [0, 0.05) is 22.4 Å². The SMILES string of the molecule is CC(NC(=O)c1cc(Br)cc(C(F)(F)F)c1)c1nccnc1-c1ncn(C(F)C(F)F)n1. The summed E-state index contributed by atoms with van der Waals surface area (Å²) in [5.41, 5.74) is -1.20. The first kappa shape index (κ1) is 23.6. The lowest BCUT2D eigenvalue weighted by molar-refractivity contribution is -0.137. The van der Waals surface area contributed by atoms with Crippen LogP contribution in [-0.2, 0) is 6.18 Å². The minimum Gasteiger partial charge on any atom is -0.344 e. The van der Waals surface area contributed by atoms with Gasteiger partial charge in [-0.2, -0.15) is 13.2 Å². The van der Waals surface area contributed by atoms with E-state index in [4.69, 9.17) is 0 Å². The third-order valence-electron chi connectivity index (χ3n) is 4.15. The zero-order valence-electron chi connectivity index (χ0n) is 16.0. The quantitative estimate of drug-likeness (QED) is 0.472. The number of hydrogen-bond acceptors (Lipinski definition) is 5. The normalized spacial score (nSPS) is 13.8. The van der Waals surface area contributed by atoms with Crippen molar-refractivity contribution in [1.82, 2.24) is 30.0 Å². The summed E-state index contributed by atoms with van der Waals surface area (Å²) in [4.78, 5) is 24.4. The lowest BCUT2D eigenvalue weighted by Crippen LogP contribution is -2.28. The average molecular weight is 523 g/mol. The van der Waals surface area contributed by atoms with Crippen LogP contribution in [0.15, 0.2) is 41.4 Å². The fourth-order valence-electron chi connectivity index (χ4n) is 2.69. The van der Waals surface area contributed by atoms with Crippen molar-refractivity contribution in [2.45, 2.75) is 31.9 Å². The Morgan fingerprint density at radius 1 is 1.09 bits per heavy atom. The molecule has 2 heterocycles. The third-order valence-corrected chi connectivity index (χ3v) is 4.61. The van der Waals surface area contributed by atoms with Gasteiger partial charge in [0.2, 0.25) is 5.82 Å². The van der Waals surface area contributed by atoms with E-state index < -0.39 is 36.4 Å². The second-order valence-corrected chi connectivity index (χ2v) is 7.38. The summed E-state index contributed by atoms with van der Waals surface area (Å²) in [5.74, 6) is -1.06. The van der Waals surface area contributed by atoms with Crippen LogP contribution in [0, 0.1) is 0 Å². The van der Waals surface area contributed by atoms with Gasteiger partial charge in [0.15, 0.2) is 0 Å². The van der Waals surface area contributed by atoms with E-state index in [0.29, 0.717) is 10.7 Å². The lowest BCUT2D eigenvalue weighted by atomic mass is 10.1. The van der Waals surface area contributed by atoms with Crippen molar-refractivity contribution < 1.29 is 31.1 Å². The molecule has 2 aromatic heterocycles. The Labute approximate surface area is 185 Å². The summed E-state index contributed by atoms with van der Waals surface area (Å²) in [6, 6.07) is 1.84. The summed E-state index contributed by atoms with van der Waals surface area (Å²) in [6.07, 6.45) is -7.41. The van der Waals surface area contributed by atoms with E-state index in [1.807, 2.05) is 0 Å². The van der Waals surface area contributed by atoms with Crippen molar-refractivity contribution in [3.63, 3.8) is 0 Å². The fourth-order valence-corrected chi connectivity index (χ4v) is 3.18. The zero-order valence-corrected chi connectivity index (χ0v) is 17.6. The molecule has 14 heteroatoms. The summed E-state index contributed by atoms with van der Waals surface area (Å²) in [6.45, 7) is 1.47. The van der Waals surface area contributed by atoms with Crippen LogP contribution >= 0.6 is 15.9 Å². The van der Waals surface area contributed by atoms with Crippen LogP contribution in [0.2, 0.25) is 0 Å². The first-order valence-electron chi connectivity index (χ1n) is 8.80. The molecule has 0 spiro atoms. The molecule has 1 amide bonds. The maximum Gasteiger partial charge on any atom is 0.416 e. The van der Waals surface area contributed by atoms with Crippen LogP contribution in [0.3, 0.4) is 0 Å². The molecule has 2 atom stereocenters. The molecule has 0 fully saturated rings. The summed E-state index contributed by atoms with van der Waals surface area (Å²) >= 11 is 2.95. The highest BCUT2D eigenvalue weighted by Gasteiger charge is 2.32. The lowest BCUT2D eigenvalue weighted by Gasteiger charge is -2.16. The van der Waals surface area contributed by atoms with Crippen LogP contribution in [-0.4, -0.2) is 37.1 Å². The summed E-state index contributed by atoms with van der Waals surface area (Å²) < 4.78 is 78.1. The van der Waals surface area contributed by atoms with Gasteiger partial charge >= 0.3 is 6.18 Å². The van der Waals surface area contributed by atoms with Crippen molar-refractivity contribution in [2.75, 3.05) is 0 Å². The first-order chi connectivity index (χ1) is 15.0. The molecule has 170 valence electrons. The maximum absolute atomic E-state index is 13.5. The van der Waals surface area contributed by atoms with E-state index in [-0.39, 0.29) is 27.2 Å². The second kappa shape index (κ2) is 9.22. The fraction of sp³-hybridized carbons (Fsp3) is 0.278. The Bertz CT molecular complexity index is 1120. The van der Waals surface area contributed by atoms with Gasteiger partial charge < -0.3 is 5.32 Å². The van der Waals surface area contributed by atoms with Gasteiger partial charge in [-0.3, -0.25) is 9.78 Å². The number of rotatable bonds is 6. The number of nitrogens with one attached hydrogen (secondary N) is 1. The standard InChI is InChI=1S/C18H13BrF6N6O/c1-8(29-17(32)9-4-10(18(23,24)25)6-11(19)5-9)12-13(27-3-2-26-12)16-28-7-31(30-16)15(22)14(20)21/h2-8,14-15H,1H3,(H,29,32). The molecule has 0 aliphatic carbocycles. The Balaban J connectivity index is 1.87. The molecule has 1 N–H and O–H groups in total. The van der Waals surface area contributed by atoms with E-state index in [9.17, 15) is 31.1 Å². The molecule has 0 aliphatic rings. The van der Waals surface area contributed by atoms with Crippen LogP contribution < -0.4 is 5.32 Å². The van der Waals surface area contributed by atoms with Crippen molar-refractivity contribution in [1.29, 1.82) is 0 Å². The molecule has 0 aliphatic heterocycles. The Kier molecular flexibility index (Phi) is 6.81. The number of hydrogen-bond donors (Lipinski definition) is 1. The van der Waals surface area contributed by atoms with E-state index in [2.05, 4.69) is 41.3 Å². The molecule has 0 radical (unpaired) electrons. The maximum atomic E-state index is 13.5. The van der Waals surface area contributed by atoms with E-state index in [0.717, 1.165) is 12.4 Å². The molecule has 7 nitrogen and oxygen atoms in total. The van der Waals surface area contributed by atoms with Crippen molar-refractivity contribution in [3.05, 3.63) is 58.2 Å². The largest absolute Gasteiger partial charge is 0.416 e. The van der Waals surface area contributed by atoms with Gasteiger partial charge in [-0.05, 0) is 25.1 Å². The number of alkyl halides is 6. The van der Waals surface area contributed by atoms with Gasteiger partial charge in [0.25, 0.3) is 18.6 Å². The number of halogens is 7. The highest BCUT2D eigenvalue weighted by molar-refractivity contribution is 9.10. The van der Waals surface area contributed by atoms with Gasteiger partial charge in [-0.1, -0.05) is 15.9 Å². The molecular formula is C18H13BrF6N6O. The molecular weight excluding hydrogens is 510 g/mol. The van der Waals surface area contributed by atoms with E-state index in [1.54, 1.807) is 0 Å². The molecule has 2 unspecified atom stereocenters. The Morgan fingerprint density at radius 2 is 1.78 bits per heavy atom. The number of benzene rings is 1. The number of nitrogens with zero attached hydrogens (tertiary/aromatic N) is 5. The minimum absolute atomic E-state index is 0.0225. The average Bonchev–Trinajstić information content (AvgIpc) is 3.22. The van der Waals surface area contributed by atoms with Crippen molar-refractivity contribution in [3.8, 4) is 11.5 Å². The first-order valence-corrected chi connectivity index (χ1v) is 9.60. The van der Waals surface area contributed by atoms with Gasteiger partial charge in [-0.25, -0.2) is 27.8 Å². The molecule has 3 rings (SSSR count). The number of carbonyl (C=O) groups excluding carboxylic acids is 1. The molecule has 0 bridgehead atoms. The van der Waals surface area contributed by atoms with Gasteiger partial charge in [0.05, 0.1) is 17.3 Å². The van der Waals surface area contributed by atoms with E-state index >= 15 is 0 Å². The Hall–Kier alpha value is -3.03. The zero-order chi connectivity index (χ0) is 23.6. The Morgan fingerprint density at radius 3 is 2.44 bits per heavy atom. The minimum atomic E-state index is -4.65. The monoisotopic (exact) mass is 522 g/mol. The number of amides is 1. The molecule has 32 heavy (non-hydrogen) atoms. The van der Waals surface area contributed by atoms with Crippen LogP contribution in [0.5, 0.6) is 0 Å². The van der Waals surface area contributed by atoms with Gasteiger partial charge in [0.1, 0.15) is 12.0 Å². The van der Waals surface area contributed by atoms with Crippen LogP contribution in [0.25, 0.3) is 11.5 Å². The molecule has 0 saturated heterocycles. The topological polar surface area (TPSA) is 85.6 Å². The molecule has 1 aromatic carbocycles. The number of carbonyl (C=O) groups is 1. The predicted molar refractivity (Wildman–Crippen MR) is 102 cm³/mol. The predicted octanol–water partition coefficient (Wildman–Crippen LogP) is 4.74. The molecule has 3 aromatic rings. The van der Waals surface area contributed by atoms with Crippen molar-refractivity contribution in [2.24, 2.45) is 0 Å².